The van der Waals surface area contributed by atoms with Crippen molar-refractivity contribution in [1.29, 1.82) is 0 Å². The minimum Gasteiger partial charge on any atom is -0.497 e. The van der Waals surface area contributed by atoms with Crippen LogP contribution in [0.4, 0.5) is 10.1 Å². The number of benzene rings is 3. The fraction of sp³-hybridized carbons (Fsp3) is 0.100. The largest absolute Gasteiger partial charge is 0.497 e. The van der Waals surface area contributed by atoms with Crippen LogP contribution in [0.3, 0.4) is 0 Å². The highest BCUT2D eigenvalue weighted by Crippen LogP contribution is 2.35. The summed E-state index contributed by atoms with van der Waals surface area (Å²) in [5, 5.41) is 0.284. The lowest BCUT2D eigenvalue weighted by Gasteiger charge is -2.15. The Kier molecular flexibility index (Phi) is 6.14. The Bertz CT molecular complexity index is 1140. The molecule has 0 amide bonds. The molecule has 0 aliphatic carbocycles. The van der Waals surface area contributed by atoms with Crippen LogP contribution in [0.5, 0.6) is 23.0 Å². The Morgan fingerprint density at radius 2 is 1.62 bits per heavy atom. The molecule has 6 nitrogen and oxygen atoms in total. The van der Waals surface area contributed by atoms with Crippen LogP contribution in [0.15, 0.2) is 65.6 Å². The lowest BCUT2D eigenvalue weighted by atomic mass is 10.3. The summed E-state index contributed by atoms with van der Waals surface area (Å²) < 4.78 is 57.8. The van der Waals surface area contributed by atoms with Crippen LogP contribution in [0.2, 0.25) is 5.02 Å². The van der Waals surface area contributed by atoms with Crippen molar-refractivity contribution in [3.63, 3.8) is 0 Å². The van der Waals surface area contributed by atoms with Crippen LogP contribution in [0.25, 0.3) is 0 Å². The molecule has 0 aromatic heterocycles. The van der Waals surface area contributed by atoms with E-state index in [-0.39, 0.29) is 27.1 Å². The van der Waals surface area contributed by atoms with Gasteiger partial charge < -0.3 is 14.2 Å². The molecular formula is C20H17ClFNO5S. The van der Waals surface area contributed by atoms with E-state index in [2.05, 4.69) is 4.72 Å². The highest BCUT2D eigenvalue weighted by molar-refractivity contribution is 7.92. The maximum atomic E-state index is 13.6. The van der Waals surface area contributed by atoms with Gasteiger partial charge in [-0.15, -0.1) is 0 Å². The summed E-state index contributed by atoms with van der Waals surface area (Å²) in [5.74, 6) is 0.474. The van der Waals surface area contributed by atoms with Gasteiger partial charge in [-0.3, -0.25) is 4.72 Å². The highest BCUT2D eigenvalue weighted by Gasteiger charge is 2.22. The smallest absolute Gasteiger partial charge is 0.265 e. The Labute approximate surface area is 172 Å². The second-order valence-corrected chi connectivity index (χ2v) is 7.91. The standard InChI is InChI=1S/C20H17ClFNO5S/c1-26-15-4-3-5-16(12-15)28-18-8-6-13(21)10-17(18)23-29(24,25)20-11-14(22)7-9-19(20)27-2/h3-12,23H,1-2H3. The molecule has 0 radical (unpaired) electrons. The first-order valence-corrected chi connectivity index (χ1v) is 10.2. The Balaban J connectivity index is 1.98. The van der Waals surface area contributed by atoms with Gasteiger partial charge in [-0.1, -0.05) is 17.7 Å². The zero-order chi connectivity index (χ0) is 21.0. The van der Waals surface area contributed by atoms with E-state index in [0.717, 1.165) is 12.1 Å². The number of ether oxygens (including phenoxy) is 3. The maximum Gasteiger partial charge on any atom is 0.265 e. The second kappa shape index (κ2) is 8.59. The highest BCUT2D eigenvalue weighted by atomic mass is 35.5. The van der Waals surface area contributed by atoms with E-state index in [1.165, 1.54) is 32.4 Å². The first kappa shape index (κ1) is 20.8. The van der Waals surface area contributed by atoms with Gasteiger partial charge in [-0.2, -0.15) is 0 Å². The van der Waals surface area contributed by atoms with E-state index in [4.69, 9.17) is 25.8 Å². The molecule has 1 N–H and O–H groups in total. The molecule has 0 atom stereocenters. The molecule has 29 heavy (non-hydrogen) atoms. The molecule has 0 heterocycles. The third kappa shape index (κ3) is 4.90. The summed E-state index contributed by atoms with van der Waals surface area (Å²) in [5.41, 5.74) is 0.0756. The average Bonchev–Trinajstić information content (AvgIpc) is 2.70. The van der Waals surface area contributed by atoms with Crippen molar-refractivity contribution in [1.82, 2.24) is 0 Å². The van der Waals surface area contributed by atoms with Crippen LogP contribution in [0, 0.1) is 5.82 Å². The molecule has 0 bridgehead atoms. The van der Waals surface area contributed by atoms with Gasteiger partial charge in [0.25, 0.3) is 10.0 Å². The third-order valence-electron chi connectivity index (χ3n) is 3.87. The quantitative estimate of drug-likeness (QED) is 0.557. The number of sulfonamides is 1. The molecule has 0 unspecified atom stereocenters. The molecule has 3 rings (SSSR count). The van der Waals surface area contributed by atoms with E-state index in [1.54, 1.807) is 30.3 Å². The van der Waals surface area contributed by atoms with E-state index in [9.17, 15) is 12.8 Å². The summed E-state index contributed by atoms with van der Waals surface area (Å²) in [4.78, 5) is -0.354. The maximum absolute atomic E-state index is 13.6. The number of methoxy groups -OCH3 is 2. The minimum absolute atomic E-state index is 0.00353. The van der Waals surface area contributed by atoms with Gasteiger partial charge in [-0.05, 0) is 48.5 Å². The van der Waals surface area contributed by atoms with Gasteiger partial charge in [0.15, 0.2) is 5.75 Å². The average molecular weight is 438 g/mol. The van der Waals surface area contributed by atoms with Crippen molar-refractivity contribution in [3.8, 4) is 23.0 Å². The van der Waals surface area contributed by atoms with Gasteiger partial charge in [0, 0.05) is 11.1 Å². The van der Waals surface area contributed by atoms with Crippen LogP contribution in [-0.2, 0) is 10.0 Å². The molecule has 152 valence electrons. The van der Waals surface area contributed by atoms with Gasteiger partial charge in [0.05, 0.1) is 19.9 Å². The summed E-state index contributed by atoms with van der Waals surface area (Å²) in [7, 11) is -1.39. The summed E-state index contributed by atoms with van der Waals surface area (Å²) in [6.07, 6.45) is 0. The molecule has 0 spiro atoms. The minimum atomic E-state index is -4.20. The van der Waals surface area contributed by atoms with E-state index >= 15 is 0 Å². The van der Waals surface area contributed by atoms with Crippen molar-refractivity contribution in [3.05, 3.63) is 71.5 Å². The van der Waals surface area contributed by atoms with Gasteiger partial charge in [0.2, 0.25) is 0 Å². The predicted octanol–water partition coefficient (Wildman–Crippen LogP) is 5.09. The van der Waals surface area contributed by atoms with Gasteiger partial charge >= 0.3 is 0 Å². The molecule has 3 aromatic carbocycles. The summed E-state index contributed by atoms with van der Waals surface area (Å²) >= 11 is 6.03. The fourth-order valence-electron chi connectivity index (χ4n) is 2.52. The first-order valence-electron chi connectivity index (χ1n) is 8.30. The number of halogens is 2. The number of anilines is 1. The lowest BCUT2D eigenvalue weighted by Crippen LogP contribution is -2.15. The van der Waals surface area contributed by atoms with E-state index in [0.29, 0.717) is 11.5 Å². The molecule has 0 aliphatic rings. The Hall–Kier alpha value is -2.97. The van der Waals surface area contributed by atoms with Crippen LogP contribution in [0.1, 0.15) is 0 Å². The monoisotopic (exact) mass is 437 g/mol. The van der Waals surface area contributed by atoms with Crippen molar-refractivity contribution < 1.29 is 27.0 Å². The van der Waals surface area contributed by atoms with Gasteiger partial charge in [0.1, 0.15) is 28.0 Å². The normalized spacial score (nSPS) is 11.0. The molecular weight excluding hydrogens is 421 g/mol. The predicted molar refractivity (Wildman–Crippen MR) is 108 cm³/mol. The summed E-state index contributed by atoms with van der Waals surface area (Å²) in [6.45, 7) is 0. The Morgan fingerprint density at radius 1 is 0.897 bits per heavy atom. The van der Waals surface area contributed by atoms with E-state index < -0.39 is 15.8 Å². The fourth-order valence-corrected chi connectivity index (χ4v) is 3.94. The zero-order valence-corrected chi connectivity index (χ0v) is 17.1. The first-order chi connectivity index (χ1) is 13.8. The zero-order valence-electron chi connectivity index (χ0n) is 15.5. The molecule has 0 fully saturated rings. The second-order valence-electron chi connectivity index (χ2n) is 5.82. The van der Waals surface area contributed by atoms with Crippen molar-refractivity contribution in [2.75, 3.05) is 18.9 Å². The topological polar surface area (TPSA) is 73.9 Å². The Morgan fingerprint density at radius 3 is 2.34 bits per heavy atom. The number of hydrogen-bond acceptors (Lipinski definition) is 5. The van der Waals surface area contributed by atoms with Gasteiger partial charge in [-0.25, -0.2) is 12.8 Å². The number of nitrogens with one attached hydrogen (secondary N) is 1. The number of hydrogen-bond donors (Lipinski definition) is 1. The van der Waals surface area contributed by atoms with Crippen molar-refractivity contribution >= 4 is 27.3 Å². The van der Waals surface area contributed by atoms with Crippen LogP contribution >= 0.6 is 11.6 Å². The molecule has 0 saturated carbocycles. The molecule has 3 aromatic rings. The van der Waals surface area contributed by atoms with E-state index in [1.807, 2.05) is 0 Å². The van der Waals surface area contributed by atoms with Crippen LogP contribution < -0.4 is 18.9 Å². The molecule has 0 saturated heterocycles. The lowest BCUT2D eigenvalue weighted by molar-refractivity contribution is 0.401. The van der Waals surface area contributed by atoms with Crippen molar-refractivity contribution in [2.45, 2.75) is 4.90 Å². The molecule has 0 aliphatic heterocycles. The molecule has 9 heteroatoms. The third-order valence-corrected chi connectivity index (χ3v) is 5.49. The van der Waals surface area contributed by atoms with Crippen molar-refractivity contribution in [2.24, 2.45) is 0 Å². The summed E-state index contributed by atoms with van der Waals surface area (Å²) in [6, 6.07) is 14.5. The number of rotatable bonds is 7. The SMILES string of the molecule is COc1cccc(Oc2ccc(Cl)cc2NS(=O)(=O)c2cc(F)ccc2OC)c1. The van der Waals surface area contributed by atoms with Crippen LogP contribution in [-0.4, -0.2) is 22.6 Å².